The van der Waals surface area contributed by atoms with Crippen LogP contribution in [0.2, 0.25) is 0 Å². The summed E-state index contributed by atoms with van der Waals surface area (Å²) in [5, 5.41) is 3.41. The average molecular weight is 411 g/mol. The molecular weight excluding hydrogens is 380 g/mol. The van der Waals surface area contributed by atoms with E-state index in [0.717, 1.165) is 16.8 Å². The Morgan fingerprint density at radius 1 is 1.13 bits per heavy atom. The van der Waals surface area contributed by atoms with Crippen molar-refractivity contribution < 1.29 is 19.1 Å². The van der Waals surface area contributed by atoms with Crippen molar-refractivity contribution in [3.8, 4) is 0 Å². The Labute approximate surface area is 178 Å². The van der Waals surface area contributed by atoms with Crippen molar-refractivity contribution in [3.05, 3.63) is 65.2 Å². The van der Waals surface area contributed by atoms with Gasteiger partial charge >= 0.3 is 12.1 Å². The summed E-state index contributed by atoms with van der Waals surface area (Å²) in [6.45, 7) is 6.66. The molecule has 1 heterocycles. The summed E-state index contributed by atoms with van der Waals surface area (Å²) in [7, 11) is 1.40. The van der Waals surface area contributed by atoms with Gasteiger partial charge in [0.2, 0.25) is 0 Å². The number of carbonyl (C=O) groups excluding carboxylic acids is 2. The third kappa shape index (κ3) is 4.75. The molecule has 2 aromatic rings. The molecule has 1 aliphatic rings. The Kier molecular flexibility index (Phi) is 6.65. The predicted octanol–water partition coefficient (Wildman–Crippen LogP) is 4.45. The average Bonchev–Trinajstić information content (AvgIpc) is 2.75. The van der Waals surface area contributed by atoms with Crippen molar-refractivity contribution in [1.82, 2.24) is 4.90 Å². The number of hydrogen-bond donors (Lipinski definition) is 1. The Morgan fingerprint density at radius 2 is 1.87 bits per heavy atom. The fraction of sp³-hybridized carbons (Fsp3) is 0.417. The van der Waals surface area contributed by atoms with E-state index in [2.05, 4.69) is 12.2 Å². The maximum Gasteiger partial charge on any atom is 0.410 e. The highest BCUT2D eigenvalue weighted by Crippen LogP contribution is 2.33. The minimum Gasteiger partial charge on any atom is -0.467 e. The molecule has 1 aliphatic heterocycles. The van der Waals surface area contributed by atoms with E-state index in [0.29, 0.717) is 19.4 Å². The van der Waals surface area contributed by atoms with E-state index in [1.165, 1.54) is 12.7 Å². The first-order valence-electron chi connectivity index (χ1n) is 10.3. The zero-order valence-corrected chi connectivity index (χ0v) is 18.1. The molecule has 3 rings (SSSR count). The smallest absolute Gasteiger partial charge is 0.410 e. The quantitative estimate of drug-likeness (QED) is 0.738. The van der Waals surface area contributed by atoms with Gasteiger partial charge in [-0.05, 0) is 56.0 Å². The summed E-state index contributed by atoms with van der Waals surface area (Å²) in [6.07, 6.45) is 0.515. The highest BCUT2D eigenvalue weighted by atomic mass is 16.6. The van der Waals surface area contributed by atoms with Crippen LogP contribution in [0, 0.1) is 13.8 Å². The van der Waals surface area contributed by atoms with Crippen LogP contribution in [0.15, 0.2) is 48.5 Å². The van der Waals surface area contributed by atoms with Crippen molar-refractivity contribution in [2.75, 3.05) is 19.0 Å². The second-order valence-corrected chi connectivity index (χ2v) is 8.03. The van der Waals surface area contributed by atoms with Gasteiger partial charge in [0.15, 0.2) is 0 Å². The Balaban J connectivity index is 1.70. The minimum absolute atomic E-state index is 0.180. The summed E-state index contributed by atoms with van der Waals surface area (Å²) in [4.78, 5) is 27.1. The lowest BCUT2D eigenvalue weighted by Gasteiger charge is -2.44. The fourth-order valence-corrected chi connectivity index (χ4v) is 3.96. The molecule has 160 valence electrons. The summed E-state index contributed by atoms with van der Waals surface area (Å²) in [6, 6.07) is 15.4. The molecule has 0 spiro atoms. The van der Waals surface area contributed by atoms with Crippen LogP contribution in [-0.2, 0) is 20.9 Å². The third-order valence-corrected chi connectivity index (χ3v) is 5.86. The highest BCUT2D eigenvalue weighted by Gasteiger charge is 2.46. The van der Waals surface area contributed by atoms with Gasteiger partial charge in [0.05, 0.1) is 7.11 Å². The maximum atomic E-state index is 12.8. The van der Waals surface area contributed by atoms with E-state index in [1.807, 2.05) is 62.4 Å². The topological polar surface area (TPSA) is 67.9 Å². The van der Waals surface area contributed by atoms with E-state index in [9.17, 15) is 9.59 Å². The van der Waals surface area contributed by atoms with E-state index in [-0.39, 0.29) is 24.7 Å². The summed E-state index contributed by atoms with van der Waals surface area (Å²) < 4.78 is 10.6. The Bertz CT molecular complexity index is 899. The van der Waals surface area contributed by atoms with Crippen molar-refractivity contribution >= 4 is 17.7 Å². The zero-order valence-electron chi connectivity index (χ0n) is 18.1. The molecule has 0 radical (unpaired) electrons. The second kappa shape index (κ2) is 9.20. The lowest BCUT2D eigenvalue weighted by atomic mass is 9.83. The van der Waals surface area contributed by atoms with Gasteiger partial charge in [0, 0.05) is 24.7 Å². The number of likely N-dealkylation sites (tertiary alicyclic amines) is 1. The van der Waals surface area contributed by atoms with Crippen LogP contribution in [-0.4, -0.2) is 42.2 Å². The number of rotatable bonds is 5. The number of ether oxygens (including phenoxy) is 2. The fourth-order valence-electron chi connectivity index (χ4n) is 3.96. The number of methoxy groups -OCH3 is 1. The number of aryl methyl sites for hydroxylation is 2. The molecular formula is C24H30N2O4. The van der Waals surface area contributed by atoms with Crippen molar-refractivity contribution in [1.29, 1.82) is 0 Å². The number of piperidine rings is 1. The van der Waals surface area contributed by atoms with Crippen LogP contribution in [0.25, 0.3) is 0 Å². The van der Waals surface area contributed by atoms with Crippen LogP contribution >= 0.6 is 0 Å². The van der Waals surface area contributed by atoms with Gasteiger partial charge in [-0.25, -0.2) is 9.59 Å². The minimum atomic E-state index is -0.883. The van der Waals surface area contributed by atoms with Gasteiger partial charge in [-0.2, -0.15) is 0 Å². The molecule has 6 heteroatoms. The van der Waals surface area contributed by atoms with Crippen molar-refractivity contribution in [2.45, 2.75) is 51.8 Å². The first-order valence-corrected chi connectivity index (χ1v) is 10.3. The first kappa shape index (κ1) is 21.7. The second-order valence-electron chi connectivity index (χ2n) is 8.03. The maximum absolute atomic E-state index is 12.8. The van der Waals surface area contributed by atoms with E-state index < -0.39 is 5.54 Å². The number of nitrogens with zero attached hydrogens (tertiary/aromatic N) is 1. The van der Waals surface area contributed by atoms with Crippen LogP contribution in [0.5, 0.6) is 0 Å². The molecule has 1 N–H and O–H groups in total. The Hall–Kier alpha value is -3.02. The lowest BCUT2D eigenvalue weighted by molar-refractivity contribution is -0.148. The number of carbonyl (C=O) groups is 2. The van der Waals surface area contributed by atoms with Crippen molar-refractivity contribution in [3.63, 3.8) is 0 Å². The van der Waals surface area contributed by atoms with Gasteiger partial charge in [0.1, 0.15) is 12.1 Å². The van der Waals surface area contributed by atoms with Crippen LogP contribution in [0.1, 0.15) is 36.5 Å². The number of benzene rings is 2. The lowest BCUT2D eigenvalue weighted by Crippen LogP contribution is -2.59. The molecule has 1 saturated heterocycles. The monoisotopic (exact) mass is 410 g/mol. The number of anilines is 1. The number of nitrogens with one attached hydrogen (secondary N) is 1. The van der Waals surface area contributed by atoms with Crippen LogP contribution < -0.4 is 5.32 Å². The van der Waals surface area contributed by atoms with Gasteiger partial charge in [-0.15, -0.1) is 0 Å². The van der Waals surface area contributed by atoms with Gasteiger partial charge in [-0.1, -0.05) is 36.4 Å². The largest absolute Gasteiger partial charge is 0.467 e. The van der Waals surface area contributed by atoms with Crippen molar-refractivity contribution in [2.24, 2.45) is 0 Å². The predicted molar refractivity (Wildman–Crippen MR) is 116 cm³/mol. The molecule has 30 heavy (non-hydrogen) atoms. The molecule has 2 atom stereocenters. The molecule has 1 fully saturated rings. The summed E-state index contributed by atoms with van der Waals surface area (Å²) >= 11 is 0. The normalized spacial score (nSPS) is 21.1. The molecule has 0 unspecified atom stereocenters. The van der Waals surface area contributed by atoms with E-state index in [4.69, 9.17) is 9.47 Å². The zero-order chi connectivity index (χ0) is 21.7. The highest BCUT2D eigenvalue weighted by molar-refractivity contribution is 5.85. The van der Waals surface area contributed by atoms with E-state index in [1.54, 1.807) is 4.90 Å². The van der Waals surface area contributed by atoms with E-state index >= 15 is 0 Å². The SMILES string of the molecule is COC(=O)[C@]1(Nc2ccc(C)c(C)c2)CCN(C(=O)OCc2ccccc2)[C@@H](C)C1. The standard InChI is InChI=1S/C24H30N2O4/c1-17-10-11-21(14-18(17)2)25-24(22(27)29-4)12-13-26(19(3)15-24)23(28)30-16-20-8-6-5-7-9-20/h5-11,14,19,25H,12-13,15-16H2,1-4H3/t19-,24-/m0/s1. The molecule has 0 aromatic heterocycles. The van der Waals surface area contributed by atoms with Gasteiger partial charge in [-0.3, -0.25) is 0 Å². The molecule has 2 aromatic carbocycles. The summed E-state index contributed by atoms with van der Waals surface area (Å²) in [5.41, 5.74) is 3.27. The molecule has 0 saturated carbocycles. The molecule has 1 amide bonds. The molecule has 0 aliphatic carbocycles. The van der Waals surface area contributed by atoms with Gasteiger partial charge < -0.3 is 19.7 Å². The number of hydrogen-bond acceptors (Lipinski definition) is 5. The third-order valence-electron chi connectivity index (χ3n) is 5.86. The van der Waals surface area contributed by atoms with Crippen LogP contribution in [0.4, 0.5) is 10.5 Å². The summed E-state index contributed by atoms with van der Waals surface area (Å²) in [5.74, 6) is -0.315. The Morgan fingerprint density at radius 3 is 2.50 bits per heavy atom. The molecule has 6 nitrogen and oxygen atoms in total. The van der Waals surface area contributed by atoms with Crippen LogP contribution in [0.3, 0.4) is 0 Å². The van der Waals surface area contributed by atoms with Gasteiger partial charge in [0.25, 0.3) is 0 Å². The number of amides is 1. The molecule has 0 bridgehead atoms. The number of esters is 1. The first-order chi connectivity index (χ1) is 14.3.